The third kappa shape index (κ3) is 7.11. The fourth-order valence-corrected chi connectivity index (χ4v) is 8.58. The summed E-state index contributed by atoms with van der Waals surface area (Å²) in [4.78, 5) is 58.8. The first-order chi connectivity index (χ1) is 23.5. The number of allylic oxidation sites excluding steroid dienone is 1. The summed E-state index contributed by atoms with van der Waals surface area (Å²) in [5, 5.41) is 13.6. The summed E-state index contributed by atoms with van der Waals surface area (Å²) in [6.45, 7) is 13.0. The van der Waals surface area contributed by atoms with Gasteiger partial charge in [0, 0.05) is 23.5 Å². The van der Waals surface area contributed by atoms with E-state index in [1.165, 1.54) is 4.90 Å². The molecule has 2 bridgehead atoms. The van der Waals surface area contributed by atoms with Crippen molar-refractivity contribution in [1.29, 1.82) is 0 Å². The van der Waals surface area contributed by atoms with Crippen molar-refractivity contribution in [2.75, 3.05) is 24.6 Å². The van der Waals surface area contributed by atoms with Crippen molar-refractivity contribution < 1.29 is 33.8 Å². The van der Waals surface area contributed by atoms with E-state index >= 15 is 4.79 Å². The van der Waals surface area contributed by atoms with Gasteiger partial charge in [-0.2, -0.15) is 0 Å². The van der Waals surface area contributed by atoms with Crippen molar-refractivity contribution in [3.8, 4) is 0 Å². The van der Waals surface area contributed by atoms with Crippen LogP contribution in [0.4, 0.5) is 5.69 Å². The van der Waals surface area contributed by atoms with E-state index in [4.69, 9.17) is 9.47 Å². The predicted molar refractivity (Wildman–Crippen MR) is 190 cm³/mol. The minimum absolute atomic E-state index is 0.102. The Bertz CT molecular complexity index is 1580. The van der Waals surface area contributed by atoms with E-state index in [2.05, 4.69) is 34.4 Å². The number of fused-ring (bicyclic) bond motifs is 1. The van der Waals surface area contributed by atoms with Crippen LogP contribution in [-0.2, 0) is 35.1 Å². The Morgan fingerprint density at radius 3 is 2.59 bits per heavy atom. The summed E-state index contributed by atoms with van der Waals surface area (Å²) in [5.41, 5.74) is 2.04. The van der Waals surface area contributed by atoms with E-state index in [-0.39, 0.29) is 36.2 Å². The second-order valence-corrected chi connectivity index (χ2v) is 14.5. The molecule has 3 aliphatic heterocycles. The summed E-state index contributed by atoms with van der Waals surface area (Å²) in [5.74, 6) is -3.64. The predicted octanol–water partition coefficient (Wildman–Crippen LogP) is 4.19. The van der Waals surface area contributed by atoms with E-state index in [0.29, 0.717) is 24.9 Å². The maximum absolute atomic E-state index is 15.1. The average Bonchev–Trinajstić information content (AvgIpc) is 3.68. The van der Waals surface area contributed by atoms with Crippen molar-refractivity contribution >= 4 is 45.3 Å². The lowest BCUT2D eigenvalue weighted by molar-refractivity contribution is -0.159. The van der Waals surface area contributed by atoms with Gasteiger partial charge in [0.25, 0.3) is 5.91 Å². The van der Waals surface area contributed by atoms with Crippen LogP contribution in [0.15, 0.2) is 73.8 Å². The second-order valence-electron chi connectivity index (χ2n) is 13.3. The molecule has 3 saturated heterocycles. The number of hydrogen-bond acceptors (Lipinski definition) is 7. The molecule has 0 saturated carbocycles. The zero-order valence-electron chi connectivity index (χ0n) is 28.3. The number of nitrogens with one attached hydrogen (secondary N) is 1. The normalized spacial score (nSPS) is 26.5. The fourth-order valence-electron chi connectivity index (χ4n) is 7.64. The van der Waals surface area contributed by atoms with Gasteiger partial charge in [0.05, 0.1) is 37.1 Å². The van der Waals surface area contributed by atoms with Crippen LogP contribution in [-0.4, -0.2) is 88.1 Å². The van der Waals surface area contributed by atoms with Gasteiger partial charge in [-0.1, -0.05) is 70.5 Å². The van der Waals surface area contributed by atoms with Crippen molar-refractivity contribution in [3.05, 3.63) is 90.5 Å². The van der Waals surface area contributed by atoms with Crippen LogP contribution in [0.1, 0.15) is 42.9 Å². The van der Waals surface area contributed by atoms with Gasteiger partial charge in [0.2, 0.25) is 11.8 Å². The molecule has 11 heteroatoms. The van der Waals surface area contributed by atoms with Gasteiger partial charge in [-0.05, 0) is 62.8 Å². The van der Waals surface area contributed by atoms with Crippen LogP contribution in [0, 0.1) is 25.7 Å². The molecule has 2 N–H and O–H groups in total. The van der Waals surface area contributed by atoms with E-state index in [0.717, 1.165) is 16.7 Å². The van der Waals surface area contributed by atoms with Crippen LogP contribution in [0.2, 0.25) is 0 Å². The third-order valence-corrected chi connectivity index (χ3v) is 10.7. The van der Waals surface area contributed by atoms with Crippen LogP contribution in [0.5, 0.6) is 0 Å². The molecular formula is C38H46BrN3O7. The van der Waals surface area contributed by atoms with Crippen molar-refractivity contribution in [2.24, 2.45) is 11.8 Å². The third-order valence-electron chi connectivity index (χ3n) is 9.86. The molecule has 1 unspecified atom stereocenters. The number of aliphatic hydroxyl groups is 1. The highest BCUT2D eigenvalue weighted by Gasteiger charge is 2.77. The highest BCUT2D eigenvalue weighted by atomic mass is 79.9. The Balaban J connectivity index is 1.53. The van der Waals surface area contributed by atoms with Gasteiger partial charge in [0.1, 0.15) is 17.7 Å². The lowest BCUT2D eigenvalue weighted by atomic mass is 9.70. The quantitative estimate of drug-likeness (QED) is 0.160. The minimum Gasteiger partial charge on any atom is -0.460 e. The Hall–Kier alpha value is -3.80. The summed E-state index contributed by atoms with van der Waals surface area (Å²) in [6, 6.07) is 13.4. The van der Waals surface area contributed by atoms with Gasteiger partial charge >= 0.3 is 5.97 Å². The number of halogens is 1. The van der Waals surface area contributed by atoms with Gasteiger partial charge in [0.15, 0.2) is 0 Å². The Kier molecular flexibility index (Phi) is 11.5. The number of nitrogens with zero attached hydrogens (tertiary/aromatic N) is 2. The number of aryl methyl sites for hydroxylation is 2. The molecule has 3 fully saturated rings. The molecule has 0 aromatic heterocycles. The number of benzene rings is 2. The molecule has 3 amide bonds. The number of esters is 1. The van der Waals surface area contributed by atoms with Crippen LogP contribution in [0.3, 0.4) is 0 Å². The van der Waals surface area contributed by atoms with Crippen molar-refractivity contribution in [2.45, 2.75) is 81.2 Å². The molecule has 0 aliphatic carbocycles. The molecule has 8 atom stereocenters. The topological polar surface area (TPSA) is 125 Å². The number of hydrogen-bond donors (Lipinski definition) is 2. The molecule has 2 aromatic carbocycles. The summed E-state index contributed by atoms with van der Waals surface area (Å²) >= 11 is 3.72. The minimum atomic E-state index is -1.36. The lowest BCUT2D eigenvalue weighted by Crippen LogP contribution is -2.59. The van der Waals surface area contributed by atoms with Crippen LogP contribution < -0.4 is 10.2 Å². The maximum atomic E-state index is 15.1. The van der Waals surface area contributed by atoms with Gasteiger partial charge < -0.3 is 29.7 Å². The number of amides is 3. The summed E-state index contributed by atoms with van der Waals surface area (Å²) in [6.07, 6.45) is 3.30. The monoisotopic (exact) mass is 735 g/mol. The van der Waals surface area contributed by atoms with E-state index in [1.54, 1.807) is 24.0 Å². The SMILES string of the molecule is C=CCCC(=O)NC[C@@H](C)OC(=O)[C@@H]1[C@H]2O[C@@]3(CC2Br)[C@H](C(=O)N(CC=C)c2cc(C)ccc2C)N([C@@H](CO)Cc2ccccc2)C(=O)[C@@H]13. The molecule has 49 heavy (non-hydrogen) atoms. The molecule has 5 rings (SSSR count). The van der Waals surface area contributed by atoms with Crippen molar-refractivity contribution in [1.82, 2.24) is 10.2 Å². The van der Waals surface area contributed by atoms with Crippen LogP contribution in [0.25, 0.3) is 0 Å². The fraction of sp³-hybridized carbons (Fsp3) is 0.474. The van der Waals surface area contributed by atoms with Gasteiger partial charge in [-0.3, -0.25) is 19.2 Å². The van der Waals surface area contributed by atoms with Gasteiger partial charge in [-0.25, -0.2) is 0 Å². The first-order valence-electron chi connectivity index (χ1n) is 16.8. The molecule has 3 aliphatic rings. The largest absolute Gasteiger partial charge is 0.460 e. The number of rotatable bonds is 15. The Morgan fingerprint density at radius 2 is 1.92 bits per heavy atom. The number of carbonyl (C=O) groups is 4. The molecule has 0 radical (unpaired) electrons. The molecule has 262 valence electrons. The first kappa shape index (κ1) is 36.5. The number of alkyl halides is 1. The molecule has 10 nitrogen and oxygen atoms in total. The molecule has 2 aromatic rings. The summed E-state index contributed by atoms with van der Waals surface area (Å²) in [7, 11) is 0. The number of ether oxygens (including phenoxy) is 2. The second kappa shape index (κ2) is 15.4. The highest BCUT2D eigenvalue weighted by Crippen LogP contribution is 2.61. The number of anilines is 1. The highest BCUT2D eigenvalue weighted by molar-refractivity contribution is 9.09. The lowest BCUT2D eigenvalue weighted by Gasteiger charge is -2.39. The van der Waals surface area contributed by atoms with E-state index < -0.39 is 60.2 Å². The Morgan fingerprint density at radius 1 is 1.18 bits per heavy atom. The van der Waals surface area contributed by atoms with Crippen molar-refractivity contribution in [3.63, 3.8) is 0 Å². The molecular weight excluding hydrogens is 690 g/mol. The van der Waals surface area contributed by atoms with Gasteiger partial charge in [-0.15, -0.1) is 13.2 Å². The standard InChI is InChI=1S/C38H46BrN3O7/c1-6-8-14-30(44)40-21-25(5)48-37(47)31-32-35(45)42(27(22-43)19-26-12-10-9-11-13-26)34(38(32)20-28(39)33(31)49-38)36(46)41(17-7-2)29-18-23(3)15-16-24(29)4/h6-7,9-13,15-16,18,25,27-28,31-34,43H,1-2,8,14,17,19-22H2,3-5H3,(H,40,44)/t25-,27-,28?,31+,32-,33+,34+,38-/m1/s1. The number of aliphatic hydroxyl groups excluding tert-OH is 1. The number of carbonyl (C=O) groups excluding carboxylic acids is 4. The smallest absolute Gasteiger partial charge is 0.312 e. The maximum Gasteiger partial charge on any atom is 0.312 e. The van der Waals surface area contributed by atoms with E-state index in [9.17, 15) is 19.5 Å². The number of likely N-dealkylation sites (tertiary alicyclic amines) is 1. The van der Waals surface area contributed by atoms with Crippen LogP contribution >= 0.6 is 15.9 Å². The zero-order chi connectivity index (χ0) is 35.5. The molecule has 3 heterocycles. The zero-order valence-corrected chi connectivity index (χ0v) is 29.9. The Labute approximate surface area is 296 Å². The molecule has 1 spiro atoms. The van der Waals surface area contributed by atoms with E-state index in [1.807, 2.05) is 62.4 Å². The average molecular weight is 737 g/mol. The summed E-state index contributed by atoms with van der Waals surface area (Å²) < 4.78 is 12.5. The first-order valence-corrected chi connectivity index (χ1v) is 17.7.